The number of aromatic nitrogens is 3. The van der Waals surface area contributed by atoms with E-state index in [0.29, 0.717) is 42.7 Å². The first kappa shape index (κ1) is 20.8. The normalized spacial score (nSPS) is 21.1. The summed E-state index contributed by atoms with van der Waals surface area (Å²) in [5, 5.41) is 3.13. The summed E-state index contributed by atoms with van der Waals surface area (Å²) in [5.41, 5.74) is 1.16. The van der Waals surface area contributed by atoms with Crippen LogP contribution in [0.2, 0.25) is 0 Å². The first-order valence-corrected chi connectivity index (χ1v) is 11.1. The van der Waals surface area contributed by atoms with Gasteiger partial charge >= 0.3 is 0 Å². The van der Waals surface area contributed by atoms with E-state index in [1.54, 1.807) is 17.8 Å². The van der Waals surface area contributed by atoms with Crippen molar-refractivity contribution in [3.8, 4) is 0 Å². The van der Waals surface area contributed by atoms with Crippen molar-refractivity contribution >= 4 is 22.9 Å². The van der Waals surface area contributed by atoms with Gasteiger partial charge in [-0.05, 0) is 51.3 Å². The molecule has 2 aliphatic heterocycles. The molecule has 0 bridgehead atoms. The predicted molar refractivity (Wildman–Crippen MR) is 118 cm³/mol. The molecule has 8 nitrogen and oxygen atoms in total. The van der Waals surface area contributed by atoms with Crippen LogP contribution >= 0.6 is 0 Å². The highest BCUT2D eigenvalue weighted by atomic mass is 16.2. The first-order chi connectivity index (χ1) is 14.5. The summed E-state index contributed by atoms with van der Waals surface area (Å²) in [6, 6.07) is 4.31. The van der Waals surface area contributed by atoms with Crippen LogP contribution in [-0.2, 0) is 11.8 Å². The maximum absolute atomic E-state index is 12.8. The molecule has 1 amide bonds. The molecule has 162 valence electrons. The second-order valence-corrected chi connectivity index (χ2v) is 8.58. The van der Waals surface area contributed by atoms with Gasteiger partial charge in [-0.25, -0.2) is 9.97 Å². The molecule has 1 unspecified atom stereocenters. The molecule has 0 aliphatic carbocycles. The molecule has 0 spiro atoms. The molecule has 0 radical (unpaired) electrons. The summed E-state index contributed by atoms with van der Waals surface area (Å²) in [6.07, 6.45) is 6.97. The van der Waals surface area contributed by atoms with Crippen LogP contribution in [0.4, 0.5) is 5.82 Å². The number of nitrogens with zero attached hydrogens (tertiary/aromatic N) is 5. The van der Waals surface area contributed by atoms with E-state index in [1.165, 1.54) is 19.3 Å². The van der Waals surface area contributed by atoms with Gasteiger partial charge in [0.1, 0.15) is 5.52 Å². The van der Waals surface area contributed by atoms with Gasteiger partial charge in [0.25, 0.3) is 5.56 Å². The quantitative estimate of drug-likeness (QED) is 0.802. The van der Waals surface area contributed by atoms with Crippen molar-refractivity contribution < 1.29 is 4.79 Å². The van der Waals surface area contributed by atoms with E-state index in [-0.39, 0.29) is 17.4 Å². The van der Waals surface area contributed by atoms with Crippen LogP contribution in [-0.4, -0.2) is 64.1 Å². The summed E-state index contributed by atoms with van der Waals surface area (Å²) in [6.45, 7) is 6.38. The number of fused-ring (bicyclic) bond motifs is 1. The molecule has 0 aromatic carbocycles. The van der Waals surface area contributed by atoms with E-state index >= 15 is 0 Å². The summed E-state index contributed by atoms with van der Waals surface area (Å²) < 4.78 is 1.55. The fourth-order valence-electron chi connectivity index (χ4n) is 4.66. The number of hydrogen-bond donors (Lipinski definition) is 1. The molecule has 4 rings (SSSR count). The highest BCUT2D eigenvalue weighted by Crippen LogP contribution is 2.21. The number of aryl methyl sites for hydroxylation is 1. The van der Waals surface area contributed by atoms with E-state index in [0.717, 1.165) is 25.9 Å². The minimum absolute atomic E-state index is 0.00556. The Kier molecular flexibility index (Phi) is 6.32. The Labute approximate surface area is 177 Å². The van der Waals surface area contributed by atoms with Crippen molar-refractivity contribution in [1.82, 2.24) is 24.8 Å². The Balaban J connectivity index is 1.31. The SMILES string of the molecule is CC1CCCCN1CCNC(=O)C1CCN(c2nc3cccnc3n(C)c2=O)CC1. The van der Waals surface area contributed by atoms with E-state index in [2.05, 4.69) is 27.1 Å². The zero-order valence-electron chi connectivity index (χ0n) is 18.0. The van der Waals surface area contributed by atoms with Crippen molar-refractivity contribution in [3.63, 3.8) is 0 Å². The number of hydrogen-bond acceptors (Lipinski definition) is 6. The zero-order chi connectivity index (χ0) is 21.1. The molecule has 2 aromatic rings. The fraction of sp³-hybridized carbons (Fsp3) is 0.636. The molecule has 2 aromatic heterocycles. The molecular weight excluding hydrogens is 380 g/mol. The number of anilines is 1. The molecule has 2 saturated heterocycles. The standard InChI is InChI=1S/C22H32N6O2/c1-16-6-3-4-12-27(16)15-11-24-21(29)17-8-13-28(14-9-17)20-22(30)26(2)19-18(25-20)7-5-10-23-19/h5,7,10,16-17H,3-4,6,8-9,11-15H2,1-2H3,(H,24,29). The van der Waals surface area contributed by atoms with Crippen LogP contribution in [0.15, 0.2) is 23.1 Å². The maximum atomic E-state index is 12.8. The van der Waals surface area contributed by atoms with Gasteiger partial charge in [0.15, 0.2) is 11.5 Å². The number of rotatable bonds is 5. The van der Waals surface area contributed by atoms with Gasteiger partial charge in [-0.3, -0.25) is 19.1 Å². The van der Waals surface area contributed by atoms with Gasteiger partial charge in [0.2, 0.25) is 5.91 Å². The lowest BCUT2D eigenvalue weighted by atomic mass is 9.96. The molecule has 2 aliphatic rings. The van der Waals surface area contributed by atoms with E-state index in [9.17, 15) is 9.59 Å². The number of carbonyl (C=O) groups is 1. The number of amides is 1. The largest absolute Gasteiger partial charge is 0.355 e. The molecular formula is C22H32N6O2. The number of piperidine rings is 2. The third kappa shape index (κ3) is 4.33. The van der Waals surface area contributed by atoms with Crippen LogP contribution in [0.25, 0.3) is 11.2 Å². The first-order valence-electron chi connectivity index (χ1n) is 11.1. The van der Waals surface area contributed by atoms with Crippen LogP contribution in [0.5, 0.6) is 0 Å². The second kappa shape index (κ2) is 9.12. The molecule has 4 heterocycles. The molecule has 8 heteroatoms. The number of pyridine rings is 1. The summed E-state index contributed by atoms with van der Waals surface area (Å²) in [5.74, 6) is 0.602. The minimum Gasteiger partial charge on any atom is -0.355 e. The van der Waals surface area contributed by atoms with Crippen molar-refractivity contribution in [2.24, 2.45) is 13.0 Å². The Morgan fingerprint density at radius 1 is 1.20 bits per heavy atom. The maximum Gasteiger partial charge on any atom is 0.294 e. The highest BCUT2D eigenvalue weighted by molar-refractivity contribution is 5.79. The predicted octanol–water partition coefficient (Wildman–Crippen LogP) is 1.54. The van der Waals surface area contributed by atoms with Gasteiger partial charge in [-0.15, -0.1) is 0 Å². The van der Waals surface area contributed by atoms with Gasteiger partial charge in [-0.2, -0.15) is 0 Å². The monoisotopic (exact) mass is 412 g/mol. The number of carbonyl (C=O) groups excluding carboxylic acids is 1. The lowest BCUT2D eigenvalue weighted by Gasteiger charge is -2.34. The lowest BCUT2D eigenvalue weighted by molar-refractivity contribution is -0.125. The van der Waals surface area contributed by atoms with Gasteiger partial charge in [0.05, 0.1) is 0 Å². The Hall–Kier alpha value is -2.48. The minimum atomic E-state index is -0.139. The van der Waals surface area contributed by atoms with Crippen molar-refractivity contribution in [3.05, 3.63) is 28.7 Å². The topological polar surface area (TPSA) is 83.4 Å². The lowest BCUT2D eigenvalue weighted by Crippen LogP contribution is -2.46. The van der Waals surface area contributed by atoms with Crippen LogP contribution in [0, 0.1) is 5.92 Å². The van der Waals surface area contributed by atoms with E-state index in [1.807, 2.05) is 17.0 Å². The van der Waals surface area contributed by atoms with Crippen molar-refractivity contribution in [2.45, 2.75) is 45.1 Å². The molecule has 0 saturated carbocycles. The van der Waals surface area contributed by atoms with Gasteiger partial charge < -0.3 is 10.2 Å². The van der Waals surface area contributed by atoms with E-state index < -0.39 is 0 Å². The fourth-order valence-corrected chi connectivity index (χ4v) is 4.66. The molecule has 2 fully saturated rings. The molecule has 1 atom stereocenters. The number of likely N-dealkylation sites (tertiary alicyclic amines) is 1. The highest BCUT2D eigenvalue weighted by Gasteiger charge is 2.27. The van der Waals surface area contributed by atoms with Gasteiger partial charge in [-0.1, -0.05) is 6.42 Å². The average Bonchev–Trinajstić information content (AvgIpc) is 2.77. The molecule has 1 N–H and O–H groups in total. The van der Waals surface area contributed by atoms with Crippen molar-refractivity contribution in [1.29, 1.82) is 0 Å². The van der Waals surface area contributed by atoms with Gasteiger partial charge in [0, 0.05) is 51.4 Å². The number of nitrogens with one attached hydrogen (secondary N) is 1. The Morgan fingerprint density at radius 2 is 2.00 bits per heavy atom. The third-order valence-electron chi connectivity index (χ3n) is 6.61. The van der Waals surface area contributed by atoms with Crippen LogP contribution in [0.3, 0.4) is 0 Å². The summed E-state index contributed by atoms with van der Waals surface area (Å²) in [7, 11) is 1.73. The van der Waals surface area contributed by atoms with Crippen LogP contribution in [0.1, 0.15) is 39.0 Å². The summed E-state index contributed by atoms with van der Waals surface area (Å²) in [4.78, 5) is 38.7. The zero-order valence-corrected chi connectivity index (χ0v) is 18.0. The van der Waals surface area contributed by atoms with Crippen molar-refractivity contribution in [2.75, 3.05) is 37.6 Å². The summed E-state index contributed by atoms with van der Waals surface area (Å²) >= 11 is 0. The van der Waals surface area contributed by atoms with Crippen LogP contribution < -0.4 is 15.8 Å². The average molecular weight is 413 g/mol. The molecule has 30 heavy (non-hydrogen) atoms. The smallest absolute Gasteiger partial charge is 0.294 e. The Bertz CT molecular complexity index is 950. The van der Waals surface area contributed by atoms with E-state index in [4.69, 9.17) is 0 Å². The third-order valence-corrected chi connectivity index (χ3v) is 6.61. The Morgan fingerprint density at radius 3 is 2.77 bits per heavy atom. The second-order valence-electron chi connectivity index (χ2n) is 8.58.